The van der Waals surface area contributed by atoms with Crippen LogP contribution in [0.15, 0.2) is 42.6 Å². The molecule has 4 amide bonds. The van der Waals surface area contributed by atoms with Crippen LogP contribution in [0.4, 0.5) is 4.79 Å². The van der Waals surface area contributed by atoms with Gasteiger partial charge in [-0.1, -0.05) is 18.2 Å². The highest BCUT2D eigenvalue weighted by Crippen LogP contribution is 2.15. The van der Waals surface area contributed by atoms with Crippen molar-refractivity contribution in [2.45, 2.75) is 71.1 Å². The Labute approximate surface area is 388 Å². The van der Waals surface area contributed by atoms with Crippen molar-refractivity contribution < 1.29 is 68.7 Å². The molecule has 1 saturated heterocycles. The van der Waals surface area contributed by atoms with Crippen molar-refractivity contribution in [2.75, 3.05) is 85.1 Å². The molecular formula is C44H63N9O14. The highest BCUT2D eigenvalue weighted by atomic mass is 16.4. The largest absolute Gasteiger partial charge is 0.481 e. The zero-order valence-corrected chi connectivity index (χ0v) is 37.9. The molecule has 368 valence electrons. The van der Waals surface area contributed by atoms with Crippen LogP contribution >= 0.6 is 0 Å². The van der Waals surface area contributed by atoms with Crippen molar-refractivity contribution in [3.05, 3.63) is 65.0 Å². The van der Waals surface area contributed by atoms with Gasteiger partial charge < -0.3 is 46.4 Å². The number of urea groups is 1. The fourth-order valence-electron chi connectivity index (χ4n) is 7.17. The van der Waals surface area contributed by atoms with Crippen LogP contribution in [0.2, 0.25) is 0 Å². The van der Waals surface area contributed by atoms with Gasteiger partial charge in [0.2, 0.25) is 5.91 Å². The summed E-state index contributed by atoms with van der Waals surface area (Å²) in [5, 5.41) is 54.6. The fourth-order valence-corrected chi connectivity index (χ4v) is 7.17. The first-order valence-electron chi connectivity index (χ1n) is 21.9. The van der Waals surface area contributed by atoms with E-state index in [1.807, 2.05) is 24.0 Å². The number of aliphatic carboxylic acids is 5. The van der Waals surface area contributed by atoms with Crippen LogP contribution in [0.5, 0.6) is 0 Å². The second kappa shape index (κ2) is 28.5. The van der Waals surface area contributed by atoms with Crippen molar-refractivity contribution in [3.8, 4) is 0 Å². The summed E-state index contributed by atoms with van der Waals surface area (Å²) in [4.78, 5) is 122. The van der Waals surface area contributed by atoms with Gasteiger partial charge in [0.15, 0.2) is 5.78 Å². The molecule has 0 spiro atoms. The summed E-state index contributed by atoms with van der Waals surface area (Å²) < 4.78 is 0. The van der Waals surface area contributed by atoms with Gasteiger partial charge in [0.25, 0.3) is 5.91 Å². The van der Waals surface area contributed by atoms with Gasteiger partial charge in [-0.2, -0.15) is 0 Å². The molecule has 2 atom stereocenters. The molecule has 0 bridgehead atoms. The summed E-state index contributed by atoms with van der Waals surface area (Å²) in [5.74, 6) is -6.78. The molecule has 0 radical (unpaired) electrons. The highest BCUT2D eigenvalue weighted by Gasteiger charge is 2.25. The van der Waals surface area contributed by atoms with Crippen LogP contribution in [-0.4, -0.2) is 206 Å². The molecule has 1 aliphatic heterocycles. The van der Waals surface area contributed by atoms with Crippen LogP contribution in [0.1, 0.15) is 66.2 Å². The average molecular weight is 942 g/mol. The molecular weight excluding hydrogens is 879 g/mol. The molecule has 3 rings (SSSR count). The van der Waals surface area contributed by atoms with E-state index in [0.29, 0.717) is 17.5 Å². The van der Waals surface area contributed by atoms with Crippen molar-refractivity contribution in [2.24, 2.45) is 0 Å². The van der Waals surface area contributed by atoms with Gasteiger partial charge in [-0.3, -0.25) is 58.1 Å². The Bertz CT molecular complexity index is 1970. The van der Waals surface area contributed by atoms with Crippen molar-refractivity contribution in [1.82, 2.24) is 45.4 Å². The first kappa shape index (κ1) is 54.8. The lowest BCUT2D eigenvalue weighted by atomic mass is 10.1. The number of hydrogen-bond acceptors (Lipinski definition) is 14. The lowest BCUT2D eigenvalue weighted by Crippen LogP contribution is -2.50. The number of aryl methyl sites for hydroxylation is 1. The number of carboxylic acids is 5. The summed E-state index contributed by atoms with van der Waals surface area (Å²) in [6.45, 7) is 4.67. The number of carboxylic acid groups (broad SMARTS) is 5. The lowest BCUT2D eigenvalue weighted by Gasteiger charge is -2.32. The summed E-state index contributed by atoms with van der Waals surface area (Å²) in [6, 6.07) is 6.94. The van der Waals surface area contributed by atoms with Crippen molar-refractivity contribution >= 4 is 53.5 Å². The van der Waals surface area contributed by atoms with Gasteiger partial charge in [0.1, 0.15) is 6.04 Å². The molecule has 1 aliphatic rings. The number of Topliss-reactive ketones (excluding diaryl/α,β-unsaturated/α-hetero) is 1. The number of carbonyl (C=O) groups excluding carboxylic acids is 4. The van der Waals surface area contributed by atoms with Gasteiger partial charge in [0.05, 0.1) is 32.2 Å². The number of rotatable bonds is 25. The fraction of sp³-hybridized carbons (Fsp3) is 0.545. The maximum atomic E-state index is 13.9. The molecule has 0 unspecified atom stereocenters. The Kier molecular flexibility index (Phi) is 23.3. The summed E-state index contributed by atoms with van der Waals surface area (Å²) >= 11 is 0. The first-order valence-corrected chi connectivity index (χ1v) is 21.9. The zero-order chi connectivity index (χ0) is 49.5. The van der Waals surface area contributed by atoms with Gasteiger partial charge in [0, 0.05) is 95.9 Å². The van der Waals surface area contributed by atoms with Crippen LogP contribution in [-0.2, 0) is 46.7 Å². The third-order valence-electron chi connectivity index (χ3n) is 10.9. The molecule has 1 aromatic carbocycles. The van der Waals surface area contributed by atoms with E-state index in [0.717, 1.165) is 11.3 Å². The number of nitrogens with zero attached hydrogens (tertiary/aromatic N) is 6. The Morgan fingerprint density at radius 1 is 0.627 bits per heavy atom. The van der Waals surface area contributed by atoms with Crippen LogP contribution in [0, 0.1) is 6.92 Å². The second-order valence-electron chi connectivity index (χ2n) is 16.4. The molecule has 2 heterocycles. The van der Waals surface area contributed by atoms with E-state index < -0.39 is 53.7 Å². The van der Waals surface area contributed by atoms with E-state index in [2.05, 4.69) is 20.9 Å². The highest BCUT2D eigenvalue weighted by molar-refractivity contribution is 5.94. The number of unbranched alkanes of at least 4 members (excludes halogenated alkanes) is 1. The predicted octanol–water partition coefficient (Wildman–Crippen LogP) is -0.131. The number of benzene rings is 1. The maximum Gasteiger partial charge on any atom is 0.326 e. The van der Waals surface area contributed by atoms with Crippen LogP contribution in [0.3, 0.4) is 0 Å². The third-order valence-corrected chi connectivity index (χ3v) is 10.9. The molecule has 0 saturated carbocycles. The predicted molar refractivity (Wildman–Crippen MR) is 239 cm³/mol. The van der Waals surface area contributed by atoms with E-state index in [-0.39, 0.29) is 136 Å². The van der Waals surface area contributed by atoms with E-state index >= 15 is 0 Å². The SMILES string of the molecule is CC(=O)[C@@H](CCC(=O)O)NC(=O)N[C@H](CCCCN(Cc1ccc(C)nc1)C(=O)c1ccc(CNC(=O)CN2CCN(CC(=O)O)CCN(CC(=O)O)CCN(CC(=O)O)CC2)cc1)C(=O)O. The summed E-state index contributed by atoms with van der Waals surface area (Å²) in [5.41, 5.74) is 2.58. The summed E-state index contributed by atoms with van der Waals surface area (Å²) in [6.07, 6.45) is 1.76. The molecule has 1 aromatic heterocycles. The van der Waals surface area contributed by atoms with E-state index in [1.165, 1.54) is 6.92 Å². The van der Waals surface area contributed by atoms with Crippen molar-refractivity contribution in [1.29, 1.82) is 0 Å². The topological polar surface area (TPSA) is 320 Å². The number of nitrogens with one attached hydrogen (secondary N) is 3. The number of carbonyl (C=O) groups is 9. The molecule has 8 N–H and O–H groups in total. The van der Waals surface area contributed by atoms with Crippen LogP contribution < -0.4 is 16.0 Å². The number of ketones is 1. The molecule has 1 fully saturated rings. The van der Waals surface area contributed by atoms with E-state index in [1.54, 1.807) is 50.1 Å². The average Bonchev–Trinajstić information content (AvgIpc) is 3.25. The van der Waals surface area contributed by atoms with Gasteiger partial charge >= 0.3 is 35.9 Å². The minimum absolute atomic E-state index is 0.00368. The summed E-state index contributed by atoms with van der Waals surface area (Å²) in [7, 11) is 0. The molecule has 23 nitrogen and oxygen atoms in total. The third kappa shape index (κ3) is 22.0. The normalized spacial score (nSPS) is 15.4. The quantitative estimate of drug-likeness (QED) is 0.0601. The number of aromatic nitrogens is 1. The minimum Gasteiger partial charge on any atom is -0.481 e. The Morgan fingerprint density at radius 2 is 1.12 bits per heavy atom. The first-order chi connectivity index (χ1) is 31.8. The van der Waals surface area contributed by atoms with E-state index in [4.69, 9.17) is 5.11 Å². The number of pyridine rings is 1. The van der Waals surface area contributed by atoms with Crippen molar-refractivity contribution in [3.63, 3.8) is 0 Å². The smallest absolute Gasteiger partial charge is 0.326 e. The maximum absolute atomic E-state index is 13.9. The Morgan fingerprint density at radius 3 is 1.57 bits per heavy atom. The lowest BCUT2D eigenvalue weighted by molar-refractivity contribution is -0.140. The van der Waals surface area contributed by atoms with E-state index in [9.17, 15) is 63.6 Å². The second-order valence-corrected chi connectivity index (χ2v) is 16.4. The zero-order valence-electron chi connectivity index (χ0n) is 37.9. The molecule has 0 aliphatic carbocycles. The number of amides is 4. The Hall–Kier alpha value is -6.56. The molecule has 67 heavy (non-hydrogen) atoms. The molecule has 2 aromatic rings. The minimum atomic E-state index is -1.33. The van der Waals surface area contributed by atoms with Gasteiger partial charge in [-0.15, -0.1) is 0 Å². The molecule has 23 heteroatoms. The number of hydrogen-bond donors (Lipinski definition) is 8. The van der Waals surface area contributed by atoms with Crippen LogP contribution in [0.25, 0.3) is 0 Å². The van der Waals surface area contributed by atoms with Gasteiger partial charge in [-0.25, -0.2) is 9.59 Å². The standard InChI is InChI=1S/C44H63N9O14/c1-30-6-7-33(24-45-30)25-53(14-4-3-5-36(43(65)66)48-44(67)47-35(31(2)54)12-13-38(56)57)42(64)34-10-8-32(9-11-34)23-46-37(55)26-49-15-17-50(27-39(58)59)19-21-52(29-41(62)63)22-20-51(18-16-49)28-40(60)61/h6-11,24,35-36H,3-5,12-23,25-29H2,1-2H3,(H,46,55)(H,56,57)(H,58,59)(H,60,61)(H,62,63)(H,65,66)(H2,47,48,67)/t35-,36-/m1/s1. The Balaban J connectivity index is 1.64. The monoisotopic (exact) mass is 941 g/mol. The van der Waals surface area contributed by atoms with Gasteiger partial charge in [-0.05, 0) is 68.9 Å².